The van der Waals surface area contributed by atoms with Gasteiger partial charge >= 0.3 is 16.5 Å². The first-order valence-corrected chi connectivity index (χ1v) is 3.89. The SMILES string of the molecule is CC(C)(C)C(=O)ON=S(=O)=O.N. The van der Waals surface area contributed by atoms with Crippen molar-refractivity contribution < 1.29 is 18.0 Å². The van der Waals surface area contributed by atoms with Crippen molar-refractivity contribution >= 4 is 16.5 Å². The normalized spacial score (nSPS) is 9.58. The van der Waals surface area contributed by atoms with Crippen LogP contribution >= 0.6 is 0 Å². The first-order valence-electron chi connectivity index (χ1n) is 2.86. The maximum absolute atomic E-state index is 10.8. The van der Waals surface area contributed by atoms with E-state index in [1.54, 1.807) is 20.8 Å². The van der Waals surface area contributed by atoms with Crippen molar-refractivity contribution in [1.29, 1.82) is 0 Å². The summed E-state index contributed by atoms with van der Waals surface area (Å²) >= 11 is 0. The number of hydrogen-bond acceptors (Lipinski definition) is 6. The Bertz CT molecular complexity index is 266. The Labute approximate surface area is 72.2 Å². The zero-order valence-corrected chi connectivity index (χ0v) is 8.01. The summed E-state index contributed by atoms with van der Waals surface area (Å²) < 4.78 is 22.1. The lowest BCUT2D eigenvalue weighted by atomic mass is 9.98. The van der Waals surface area contributed by atoms with E-state index in [9.17, 15) is 13.2 Å². The zero-order valence-electron chi connectivity index (χ0n) is 7.20. The molecule has 0 rings (SSSR count). The molecule has 0 saturated heterocycles. The van der Waals surface area contributed by atoms with Crippen LogP contribution in [-0.2, 0) is 20.1 Å². The Morgan fingerprint density at radius 2 is 1.75 bits per heavy atom. The lowest BCUT2D eigenvalue weighted by Crippen LogP contribution is -2.20. The molecule has 0 aliphatic rings. The molecule has 3 N–H and O–H groups in total. The molecule has 0 aromatic rings. The van der Waals surface area contributed by atoms with Gasteiger partial charge in [0.25, 0.3) is 0 Å². The molecule has 72 valence electrons. The van der Waals surface area contributed by atoms with Crippen LogP contribution in [0, 0.1) is 5.41 Å². The highest BCUT2D eigenvalue weighted by Gasteiger charge is 2.23. The Hall–Kier alpha value is -0.950. The Morgan fingerprint density at radius 1 is 1.33 bits per heavy atom. The standard InChI is InChI=1S/C5H9NO4S.H3N/c1-5(2,3)4(7)10-6-11(8)9;/h1-3H3;1H3. The number of nitrogens with zero attached hydrogens (tertiary/aromatic N) is 1. The maximum atomic E-state index is 10.8. The van der Waals surface area contributed by atoms with Gasteiger partial charge in [-0.15, -0.1) is 0 Å². The summed E-state index contributed by atoms with van der Waals surface area (Å²) in [6.45, 7) is 4.79. The van der Waals surface area contributed by atoms with Gasteiger partial charge in [-0.2, -0.15) is 8.42 Å². The third-order valence-electron chi connectivity index (χ3n) is 0.793. The van der Waals surface area contributed by atoms with Gasteiger partial charge < -0.3 is 11.0 Å². The molecule has 0 bridgehead atoms. The first kappa shape index (κ1) is 13.6. The fourth-order valence-corrected chi connectivity index (χ4v) is 0.330. The van der Waals surface area contributed by atoms with Crippen LogP contribution in [0.5, 0.6) is 0 Å². The average molecular weight is 196 g/mol. The number of hydrogen-bond donors (Lipinski definition) is 1. The molecule has 0 aromatic carbocycles. The van der Waals surface area contributed by atoms with Crippen LogP contribution in [0.4, 0.5) is 0 Å². The molecular weight excluding hydrogens is 184 g/mol. The van der Waals surface area contributed by atoms with Crippen LogP contribution in [0.15, 0.2) is 4.53 Å². The van der Waals surface area contributed by atoms with Crippen molar-refractivity contribution in [2.45, 2.75) is 20.8 Å². The molecule has 0 unspecified atom stereocenters. The van der Waals surface area contributed by atoms with Gasteiger partial charge in [-0.3, -0.25) is 0 Å². The third kappa shape index (κ3) is 5.81. The van der Waals surface area contributed by atoms with E-state index < -0.39 is 21.9 Å². The monoisotopic (exact) mass is 196 g/mol. The van der Waals surface area contributed by atoms with E-state index in [1.165, 1.54) is 0 Å². The van der Waals surface area contributed by atoms with Crippen molar-refractivity contribution in [1.82, 2.24) is 6.15 Å². The van der Waals surface area contributed by atoms with Crippen molar-refractivity contribution in [3.05, 3.63) is 0 Å². The number of carbonyl (C=O) groups is 1. The molecule has 6 nitrogen and oxygen atoms in total. The highest BCUT2D eigenvalue weighted by molar-refractivity contribution is 7.61. The van der Waals surface area contributed by atoms with E-state index in [1.807, 2.05) is 0 Å². The fraction of sp³-hybridized carbons (Fsp3) is 0.800. The highest BCUT2D eigenvalue weighted by Crippen LogP contribution is 2.14. The highest BCUT2D eigenvalue weighted by atomic mass is 32.2. The van der Waals surface area contributed by atoms with Crippen molar-refractivity contribution in [2.24, 2.45) is 9.94 Å². The predicted octanol–water partition coefficient (Wildman–Crippen LogP) is 0.715. The van der Waals surface area contributed by atoms with Crippen molar-refractivity contribution in [2.75, 3.05) is 0 Å². The average Bonchev–Trinajstić information content (AvgIpc) is 1.80. The molecule has 0 saturated carbocycles. The number of carbonyl (C=O) groups excluding carboxylic acids is 1. The van der Waals surface area contributed by atoms with Gasteiger partial charge in [-0.25, -0.2) is 4.79 Å². The van der Waals surface area contributed by atoms with E-state index in [0.717, 1.165) is 0 Å². The number of rotatable bonds is 1. The van der Waals surface area contributed by atoms with Crippen LogP contribution in [0.25, 0.3) is 0 Å². The van der Waals surface area contributed by atoms with E-state index >= 15 is 0 Å². The second kappa shape index (κ2) is 4.83. The Kier molecular flexibility index (Phi) is 5.49. The summed E-state index contributed by atoms with van der Waals surface area (Å²) in [4.78, 5) is 14.8. The van der Waals surface area contributed by atoms with Gasteiger partial charge in [-0.1, -0.05) is 0 Å². The van der Waals surface area contributed by atoms with Gasteiger partial charge in [0.15, 0.2) is 0 Å². The molecule has 0 spiro atoms. The van der Waals surface area contributed by atoms with E-state index in [2.05, 4.69) is 9.36 Å². The van der Waals surface area contributed by atoms with E-state index in [4.69, 9.17) is 0 Å². The van der Waals surface area contributed by atoms with Gasteiger partial charge in [0.2, 0.25) is 0 Å². The van der Waals surface area contributed by atoms with E-state index in [0.29, 0.717) is 0 Å². The molecule has 0 aromatic heterocycles. The van der Waals surface area contributed by atoms with Crippen LogP contribution in [0.1, 0.15) is 20.8 Å². The van der Waals surface area contributed by atoms with E-state index in [-0.39, 0.29) is 6.15 Å². The van der Waals surface area contributed by atoms with Gasteiger partial charge in [-0.05, 0) is 20.8 Å². The molecule has 0 heterocycles. The Balaban J connectivity index is 0. The van der Waals surface area contributed by atoms with Crippen LogP contribution in [0.2, 0.25) is 0 Å². The molecule has 0 aliphatic carbocycles. The molecule has 0 fully saturated rings. The molecular formula is C5H12N2O4S. The van der Waals surface area contributed by atoms with Gasteiger partial charge in [0, 0.05) is 0 Å². The van der Waals surface area contributed by atoms with Crippen LogP contribution in [0.3, 0.4) is 0 Å². The largest absolute Gasteiger partial charge is 0.349 e. The second-order valence-electron chi connectivity index (χ2n) is 2.92. The van der Waals surface area contributed by atoms with Crippen LogP contribution in [-0.4, -0.2) is 14.4 Å². The maximum Gasteiger partial charge on any atom is 0.349 e. The smallest absolute Gasteiger partial charge is 0.344 e. The summed E-state index contributed by atoms with van der Waals surface area (Å²) in [5.41, 5.74) is -0.733. The van der Waals surface area contributed by atoms with Crippen molar-refractivity contribution in [3.8, 4) is 0 Å². The molecule has 12 heavy (non-hydrogen) atoms. The zero-order chi connectivity index (χ0) is 9.07. The second-order valence-corrected chi connectivity index (χ2v) is 3.50. The Morgan fingerprint density at radius 3 is 2.00 bits per heavy atom. The summed E-state index contributed by atoms with van der Waals surface area (Å²) in [5.74, 6) is -0.679. The topological polar surface area (TPSA) is 108 Å². The van der Waals surface area contributed by atoms with Crippen molar-refractivity contribution in [3.63, 3.8) is 0 Å². The lowest BCUT2D eigenvalue weighted by Gasteiger charge is -2.11. The lowest BCUT2D eigenvalue weighted by molar-refractivity contribution is -0.152. The minimum absolute atomic E-state index is 0. The molecule has 7 heteroatoms. The molecule has 0 aliphatic heterocycles. The predicted molar refractivity (Wildman–Crippen MR) is 41.9 cm³/mol. The van der Waals surface area contributed by atoms with Crippen LogP contribution < -0.4 is 6.15 Å². The molecule has 0 amide bonds. The molecule has 0 radical (unpaired) electrons. The molecule has 0 atom stereocenters. The fourth-order valence-electron chi connectivity index (χ4n) is 0.201. The summed E-state index contributed by atoms with van der Waals surface area (Å²) in [6, 6.07) is 0. The van der Waals surface area contributed by atoms with Gasteiger partial charge in [0.05, 0.1) is 9.94 Å². The van der Waals surface area contributed by atoms with Gasteiger partial charge in [0.1, 0.15) is 0 Å². The third-order valence-corrected chi connectivity index (χ3v) is 0.990. The summed E-state index contributed by atoms with van der Waals surface area (Å²) in [7, 11) is -2.69. The quantitative estimate of drug-likeness (QED) is 0.621. The first-order chi connectivity index (χ1) is 4.84. The summed E-state index contributed by atoms with van der Waals surface area (Å²) in [6.07, 6.45) is 0. The minimum Gasteiger partial charge on any atom is -0.344 e. The summed E-state index contributed by atoms with van der Waals surface area (Å²) in [5, 5.41) is 0. The minimum atomic E-state index is -2.69.